The van der Waals surface area contributed by atoms with Crippen molar-refractivity contribution in [1.29, 1.82) is 0 Å². The van der Waals surface area contributed by atoms with Crippen LogP contribution in [0.25, 0.3) is 0 Å². The number of benzene rings is 1. The minimum absolute atomic E-state index is 0.189. The van der Waals surface area contributed by atoms with Crippen LogP contribution in [0.15, 0.2) is 35.7 Å². The van der Waals surface area contributed by atoms with Crippen LogP contribution in [0.3, 0.4) is 0 Å². The van der Waals surface area contributed by atoms with Gasteiger partial charge in [0.2, 0.25) is 0 Å². The molecule has 0 aliphatic heterocycles. The summed E-state index contributed by atoms with van der Waals surface area (Å²) in [5.41, 5.74) is 1.04. The first-order valence-corrected chi connectivity index (χ1v) is 7.17. The van der Waals surface area contributed by atoms with Crippen molar-refractivity contribution < 1.29 is 4.39 Å². The van der Waals surface area contributed by atoms with Crippen molar-refractivity contribution in [2.24, 2.45) is 0 Å². The number of thiophene rings is 1. The lowest BCUT2D eigenvalue weighted by atomic mass is 10.0. The molecule has 0 spiro atoms. The summed E-state index contributed by atoms with van der Waals surface area (Å²) >= 11 is 7.53. The van der Waals surface area contributed by atoms with Crippen molar-refractivity contribution in [1.82, 2.24) is 5.32 Å². The van der Waals surface area contributed by atoms with Crippen molar-refractivity contribution in [2.75, 3.05) is 6.54 Å². The van der Waals surface area contributed by atoms with E-state index in [1.54, 1.807) is 23.5 Å². The highest BCUT2D eigenvalue weighted by Crippen LogP contribution is 2.25. The van der Waals surface area contributed by atoms with Gasteiger partial charge < -0.3 is 5.32 Å². The largest absolute Gasteiger partial charge is 0.309 e. The third-order valence-electron chi connectivity index (χ3n) is 2.76. The molecule has 1 N–H and O–H groups in total. The first-order chi connectivity index (χ1) is 8.70. The Hall–Kier alpha value is -0.900. The molecule has 1 nitrogen and oxygen atoms in total. The number of likely N-dealkylation sites (N-methyl/N-ethyl adjacent to an activating group) is 1. The predicted molar refractivity (Wildman–Crippen MR) is 75.9 cm³/mol. The van der Waals surface area contributed by atoms with Gasteiger partial charge in [0.15, 0.2) is 0 Å². The molecule has 18 heavy (non-hydrogen) atoms. The summed E-state index contributed by atoms with van der Waals surface area (Å²) < 4.78 is 13.1. The van der Waals surface area contributed by atoms with Gasteiger partial charge in [-0.3, -0.25) is 0 Å². The normalized spacial score (nSPS) is 12.6. The van der Waals surface area contributed by atoms with Crippen molar-refractivity contribution in [3.05, 3.63) is 57.0 Å². The van der Waals surface area contributed by atoms with E-state index in [9.17, 15) is 4.39 Å². The second kappa shape index (κ2) is 6.32. The van der Waals surface area contributed by atoms with Gasteiger partial charge in [-0.05, 0) is 42.1 Å². The molecular weight excluding hydrogens is 269 g/mol. The van der Waals surface area contributed by atoms with Crippen LogP contribution < -0.4 is 5.32 Å². The second-order valence-electron chi connectivity index (χ2n) is 4.08. The van der Waals surface area contributed by atoms with E-state index in [1.807, 2.05) is 6.07 Å². The SMILES string of the molecule is CCNC(Cc1ccc(F)c(Cl)c1)c1cccs1. The van der Waals surface area contributed by atoms with Crippen LogP contribution in [-0.4, -0.2) is 6.54 Å². The van der Waals surface area contributed by atoms with E-state index in [2.05, 4.69) is 23.7 Å². The molecule has 2 aromatic rings. The zero-order chi connectivity index (χ0) is 13.0. The van der Waals surface area contributed by atoms with Gasteiger partial charge in [-0.15, -0.1) is 11.3 Å². The number of rotatable bonds is 5. The van der Waals surface area contributed by atoms with E-state index in [4.69, 9.17) is 11.6 Å². The van der Waals surface area contributed by atoms with E-state index < -0.39 is 0 Å². The van der Waals surface area contributed by atoms with Crippen molar-refractivity contribution in [2.45, 2.75) is 19.4 Å². The summed E-state index contributed by atoms with van der Waals surface area (Å²) in [5, 5.41) is 5.70. The topological polar surface area (TPSA) is 12.0 Å². The molecule has 4 heteroatoms. The fourth-order valence-electron chi connectivity index (χ4n) is 1.91. The zero-order valence-electron chi connectivity index (χ0n) is 10.1. The van der Waals surface area contributed by atoms with Gasteiger partial charge in [0.1, 0.15) is 5.82 Å². The van der Waals surface area contributed by atoms with Gasteiger partial charge in [-0.25, -0.2) is 4.39 Å². The standard InChI is InChI=1S/C14H15ClFNS/c1-2-17-13(14-4-3-7-18-14)9-10-5-6-12(16)11(15)8-10/h3-8,13,17H,2,9H2,1H3. The highest BCUT2D eigenvalue weighted by atomic mass is 35.5. The quantitative estimate of drug-likeness (QED) is 0.856. The minimum Gasteiger partial charge on any atom is -0.309 e. The Bertz CT molecular complexity index is 499. The highest BCUT2D eigenvalue weighted by Gasteiger charge is 2.13. The zero-order valence-corrected chi connectivity index (χ0v) is 11.7. The first-order valence-electron chi connectivity index (χ1n) is 5.91. The van der Waals surface area contributed by atoms with Crippen molar-refractivity contribution >= 4 is 22.9 Å². The molecule has 1 atom stereocenters. The summed E-state index contributed by atoms with van der Waals surface area (Å²) in [7, 11) is 0. The maximum Gasteiger partial charge on any atom is 0.141 e. The average molecular weight is 284 g/mol. The molecule has 2 rings (SSSR count). The predicted octanol–water partition coefficient (Wildman–Crippen LogP) is 4.43. The third-order valence-corrected chi connectivity index (χ3v) is 4.04. The summed E-state index contributed by atoms with van der Waals surface area (Å²) in [5.74, 6) is -0.364. The number of hydrogen-bond donors (Lipinski definition) is 1. The molecule has 1 aromatic heterocycles. The van der Waals surface area contributed by atoms with E-state index >= 15 is 0 Å². The van der Waals surface area contributed by atoms with Crippen LogP contribution in [0.4, 0.5) is 4.39 Å². The highest BCUT2D eigenvalue weighted by molar-refractivity contribution is 7.10. The summed E-state index contributed by atoms with van der Waals surface area (Å²) in [6.07, 6.45) is 0.814. The van der Waals surface area contributed by atoms with E-state index in [0.717, 1.165) is 18.5 Å². The molecular formula is C14H15ClFNS. The van der Waals surface area contributed by atoms with Crippen LogP contribution in [-0.2, 0) is 6.42 Å². The molecule has 1 heterocycles. The van der Waals surface area contributed by atoms with Crippen LogP contribution in [0.5, 0.6) is 0 Å². The molecule has 0 radical (unpaired) electrons. The first kappa shape index (κ1) is 13.5. The van der Waals surface area contributed by atoms with Crippen molar-refractivity contribution in [3.63, 3.8) is 0 Å². The molecule has 0 amide bonds. The molecule has 0 bridgehead atoms. The Morgan fingerprint density at radius 1 is 1.39 bits per heavy atom. The van der Waals surface area contributed by atoms with Crippen molar-refractivity contribution in [3.8, 4) is 0 Å². The van der Waals surface area contributed by atoms with E-state index in [0.29, 0.717) is 0 Å². The van der Waals surface area contributed by atoms with Gasteiger partial charge in [-0.1, -0.05) is 30.7 Å². The molecule has 0 fully saturated rings. The molecule has 96 valence electrons. The van der Waals surface area contributed by atoms with E-state index in [-0.39, 0.29) is 16.9 Å². The number of hydrogen-bond acceptors (Lipinski definition) is 2. The maximum absolute atomic E-state index is 13.1. The van der Waals surface area contributed by atoms with Crippen LogP contribution >= 0.6 is 22.9 Å². The third kappa shape index (κ3) is 3.31. The summed E-state index contributed by atoms with van der Waals surface area (Å²) in [4.78, 5) is 1.29. The molecule has 0 aliphatic carbocycles. The van der Waals surface area contributed by atoms with Gasteiger partial charge in [0.05, 0.1) is 5.02 Å². The van der Waals surface area contributed by atoms with Gasteiger partial charge in [0, 0.05) is 10.9 Å². The molecule has 1 unspecified atom stereocenters. The van der Waals surface area contributed by atoms with Crippen LogP contribution in [0, 0.1) is 5.82 Å². The second-order valence-corrected chi connectivity index (χ2v) is 5.46. The molecule has 0 saturated carbocycles. The lowest BCUT2D eigenvalue weighted by Crippen LogP contribution is -2.22. The van der Waals surface area contributed by atoms with Gasteiger partial charge >= 0.3 is 0 Å². The lowest BCUT2D eigenvalue weighted by Gasteiger charge is -2.16. The molecule has 1 aromatic carbocycles. The Morgan fingerprint density at radius 2 is 2.22 bits per heavy atom. The Kier molecular flexibility index (Phi) is 4.75. The Labute approximate surface area is 116 Å². The lowest BCUT2D eigenvalue weighted by molar-refractivity contribution is 0.557. The summed E-state index contributed by atoms with van der Waals surface area (Å²) in [6.45, 7) is 2.98. The number of nitrogens with one attached hydrogen (secondary N) is 1. The Balaban J connectivity index is 2.16. The smallest absolute Gasteiger partial charge is 0.141 e. The minimum atomic E-state index is -0.364. The van der Waals surface area contributed by atoms with Gasteiger partial charge in [-0.2, -0.15) is 0 Å². The monoisotopic (exact) mass is 283 g/mol. The fourth-order valence-corrected chi connectivity index (χ4v) is 2.92. The van der Waals surface area contributed by atoms with E-state index in [1.165, 1.54) is 10.9 Å². The summed E-state index contributed by atoms with van der Waals surface area (Å²) in [6, 6.07) is 9.34. The van der Waals surface area contributed by atoms with Gasteiger partial charge in [0.25, 0.3) is 0 Å². The van der Waals surface area contributed by atoms with Crippen LogP contribution in [0.1, 0.15) is 23.4 Å². The average Bonchev–Trinajstić information content (AvgIpc) is 2.87. The number of halogens is 2. The molecule has 0 saturated heterocycles. The maximum atomic E-state index is 13.1. The Morgan fingerprint density at radius 3 is 2.83 bits per heavy atom. The molecule has 0 aliphatic rings. The van der Waals surface area contributed by atoms with Crippen LogP contribution in [0.2, 0.25) is 5.02 Å². The fraction of sp³-hybridized carbons (Fsp3) is 0.286.